The van der Waals surface area contributed by atoms with Crippen molar-refractivity contribution in [2.24, 2.45) is 5.73 Å². The Balaban J connectivity index is 1.83. The van der Waals surface area contributed by atoms with Gasteiger partial charge in [0.2, 0.25) is 0 Å². The van der Waals surface area contributed by atoms with Crippen LogP contribution in [0.2, 0.25) is 5.15 Å². The first-order chi connectivity index (χ1) is 13.3. The number of rotatable bonds is 4. The fourth-order valence-electron chi connectivity index (χ4n) is 3.80. The average molecular weight is 446 g/mol. The number of hydrogen-bond acceptors (Lipinski definition) is 5. The van der Waals surface area contributed by atoms with Gasteiger partial charge in [0.15, 0.2) is 0 Å². The molecule has 0 unspecified atom stereocenters. The van der Waals surface area contributed by atoms with Crippen LogP contribution in [0.3, 0.4) is 0 Å². The molecule has 1 saturated carbocycles. The lowest BCUT2D eigenvalue weighted by Gasteiger charge is -2.28. The molecule has 4 rings (SSSR count). The Kier molecular flexibility index (Phi) is 5.57. The third kappa shape index (κ3) is 3.87. The van der Waals surface area contributed by atoms with Crippen molar-refractivity contribution >= 4 is 50.2 Å². The Morgan fingerprint density at radius 3 is 2.75 bits per heavy atom. The zero-order chi connectivity index (χ0) is 19.9. The Bertz CT molecular complexity index is 969. The summed E-state index contributed by atoms with van der Waals surface area (Å²) in [5, 5.41) is 5.24. The minimum absolute atomic E-state index is 0.0453. The van der Waals surface area contributed by atoms with Crippen LogP contribution in [0.1, 0.15) is 46.9 Å². The largest absolute Gasteiger partial charge is 0.419 e. The van der Waals surface area contributed by atoms with E-state index in [-0.39, 0.29) is 22.6 Å². The van der Waals surface area contributed by atoms with Gasteiger partial charge < -0.3 is 11.1 Å². The molecule has 0 saturated heterocycles. The molecular weight excluding hydrogens is 427 g/mol. The lowest BCUT2D eigenvalue weighted by atomic mass is 9.83. The maximum absolute atomic E-state index is 14.0. The standard InChI is InChI=1S/C19H19ClF3N3S2/c20-14-8-13(25-9-10-4-3-7-27-10)18-16(26-14)15(19(21,22)23)17(28-18)11-5-1-2-6-12(11)24/h3-4,7-8,11-12H,1-2,5-6,9,24H2,(H,25,26)/t11-,12-/m0/s1. The van der Waals surface area contributed by atoms with Gasteiger partial charge in [-0.15, -0.1) is 22.7 Å². The highest BCUT2D eigenvalue weighted by atomic mass is 35.5. The van der Waals surface area contributed by atoms with Gasteiger partial charge in [-0.3, -0.25) is 0 Å². The average Bonchev–Trinajstić information content (AvgIpc) is 3.26. The molecule has 1 aliphatic rings. The molecule has 9 heteroatoms. The van der Waals surface area contributed by atoms with E-state index >= 15 is 0 Å². The number of nitrogens with two attached hydrogens (primary N) is 1. The van der Waals surface area contributed by atoms with Gasteiger partial charge in [-0.1, -0.05) is 30.5 Å². The van der Waals surface area contributed by atoms with Gasteiger partial charge in [0.1, 0.15) is 5.15 Å². The smallest absolute Gasteiger partial charge is 0.379 e. The van der Waals surface area contributed by atoms with Gasteiger partial charge in [-0.2, -0.15) is 13.2 Å². The number of hydrogen-bond donors (Lipinski definition) is 2. The normalized spacial score (nSPS) is 20.6. The number of thiophene rings is 2. The van der Waals surface area contributed by atoms with Crippen LogP contribution in [0.5, 0.6) is 0 Å². The minimum Gasteiger partial charge on any atom is -0.379 e. The third-order valence-electron chi connectivity index (χ3n) is 5.11. The van der Waals surface area contributed by atoms with Crippen LogP contribution in [0, 0.1) is 0 Å². The lowest BCUT2D eigenvalue weighted by molar-refractivity contribution is -0.137. The Labute approximate surface area is 173 Å². The number of alkyl halides is 3. The van der Waals surface area contributed by atoms with E-state index in [1.807, 2.05) is 17.5 Å². The summed E-state index contributed by atoms with van der Waals surface area (Å²) in [5.41, 5.74) is 6.05. The van der Waals surface area contributed by atoms with Gasteiger partial charge in [0.05, 0.1) is 21.5 Å². The Morgan fingerprint density at radius 1 is 1.29 bits per heavy atom. The van der Waals surface area contributed by atoms with E-state index in [9.17, 15) is 13.2 Å². The molecule has 0 aromatic carbocycles. The molecule has 0 aliphatic heterocycles. The number of anilines is 1. The van der Waals surface area contributed by atoms with Crippen LogP contribution in [0.4, 0.5) is 18.9 Å². The summed E-state index contributed by atoms with van der Waals surface area (Å²) in [6.45, 7) is 0.518. The van der Waals surface area contributed by atoms with Gasteiger partial charge >= 0.3 is 6.18 Å². The highest BCUT2D eigenvalue weighted by molar-refractivity contribution is 7.20. The third-order valence-corrected chi connectivity index (χ3v) is 7.52. The summed E-state index contributed by atoms with van der Waals surface area (Å²) in [5.74, 6) is -0.298. The predicted molar refractivity (Wildman–Crippen MR) is 110 cm³/mol. The van der Waals surface area contributed by atoms with Crippen molar-refractivity contribution in [2.45, 2.75) is 50.4 Å². The molecule has 0 radical (unpaired) electrons. The molecule has 3 heterocycles. The molecule has 2 atom stereocenters. The SMILES string of the molecule is N[C@H]1CCCC[C@@H]1c1sc2c(NCc3cccs3)cc(Cl)nc2c1C(F)(F)F. The van der Waals surface area contributed by atoms with Gasteiger partial charge in [0.25, 0.3) is 0 Å². The van der Waals surface area contributed by atoms with Gasteiger partial charge in [0, 0.05) is 34.3 Å². The zero-order valence-electron chi connectivity index (χ0n) is 14.9. The molecule has 3 aromatic heterocycles. The maximum atomic E-state index is 14.0. The molecule has 1 aliphatic carbocycles. The van der Waals surface area contributed by atoms with Crippen molar-refractivity contribution in [2.75, 3.05) is 5.32 Å². The second kappa shape index (κ2) is 7.82. The molecule has 150 valence electrons. The van der Waals surface area contributed by atoms with Crippen LogP contribution in [0.25, 0.3) is 10.2 Å². The van der Waals surface area contributed by atoms with Gasteiger partial charge in [-0.05, 0) is 24.3 Å². The number of nitrogens with zero attached hydrogens (tertiary/aromatic N) is 1. The van der Waals surface area contributed by atoms with Gasteiger partial charge in [-0.25, -0.2) is 4.98 Å². The molecule has 1 fully saturated rings. The van der Waals surface area contributed by atoms with Crippen molar-refractivity contribution < 1.29 is 13.2 Å². The molecule has 0 bridgehead atoms. The molecule has 3 N–H and O–H groups in total. The van der Waals surface area contributed by atoms with Crippen LogP contribution >= 0.6 is 34.3 Å². The maximum Gasteiger partial charge on any atom is 0.419 e. The molecular formula is C19H19ClF3N3S2. The molecule has 0 spiro atoms. The molecule has 28 heavy (non-hydrogen) atoms. The summed E-state index contributed by atoms with van der Waals surface area (Å²) in [6, 6.07) is 5.24. The number of nitrogens with one attached hydrogen (secondary N) is 1. The van der Waals surface area contributed by atoms with E-state index in [0.29, 0.717) is 28.2 Å². The first-order valence-electron chi connectivity index (χ1n) is 9.06. The van der Waals surface area contributed by atoms with E-state index in [4.69, 9.17) is 17.3 Å². The van der Waals surface area contributed by atoms with Crippen LogP contribution in [0.15, 0.2) is 23.6 Å². The summed E-state index contributed by atoms with van der Waals surface area (Å²) >= 11 is 8.83. The highest BCUT2D eigenvalue weighted by Crippen LogP contribution is 2.49. The quantitative estimate of drug-likeness (QED) is 0.443. The second-order valence-electron chi connectivity index (χ2n) is 7.00. The van der Waals surface area contributed by atoms with Crippen molar-refractivity contribution in [1.82, 2.24) is 4.98 Å². The zero-order valence-corrected chi connectivity index (χ0v) is 17.2. The molecule has 0 amide bonds. The van der Waals surface area contributed by atoms with E-state index in [1.54, 1.807) is 17.4 Å². The lowest BCUT2D eigenvalue weighted by Crippen LogP contribution is -2.32. The summed E-state index contributed by atoms with van der Waals surface area (Å²) in [6.07, 6.45) is -1.24. The number of fused-ring (bicyclic) bond motifs is 1. The Hall–Kier alpha value is -1.35. The highest BCUT2D eigenvalue weighted by Gasteiger charge is 2.42. The fourth-order valence-corrected chi connectivity index (χ4v) is 6.10. The first-order valence-corrected chi connectivity index (χ1v) is 11.1. The fraction of sp³-hybridized carbons (Fsp3) is 0.421. The summed E-state index contributed by atoms with van der Waals surface area (Å²) < 4.78 is 42.6. The summed E-state index contributed by atoms with van der Waals surface area (Å²) in [4.78, 5) is 5.45. The van der Waals surface area contributed by atoms with E-state index in [2.05, 4.69) is 10.3 Å². The summed E-state index contributed by atoms with van der Waals surface area (Å²) in [7, 11) is 0. The van der Waals surface area contributed by atoms with Crippen molar-refractivity contribution in [3.63, 3.8) is 0 Å². The Morgan fingerprint density at radius 2 is 2.07 bits per heavy atom. The first kappa shape index (κ1) is 19.9. The molecule has 3 nitrogen and oxygen atoms in total. The van der Waals surface area contributed by atoms with Crippen LogP contribution < -0.4 is 11.1 Å². The number of pyridine rings is 1. The van der Waals surface area contributed by atoms with Crippen molar-refractivity contribution in [3.05, 3.63) is 44.1 Å². The monoisotopic (exact) mass is 445 g/mol. The van der Waals surface area contributed by atoms with E-state index in [0.717, 1.165) is 35.5 Å². The number of aromatic nitrogens is 1. The van der Waals surface area contributed by atoms with E-state index in [1.165, 1.54) is 0 Å². The second-order valence-corrected chi connectivity index (χ2v) is 9.47. The van der Waals surface area contributed by atoms with Crippen molar-refractivity contribution in [1.29, 1.82) is 0 Å². The van der Waals surface area contributed by atoms with E-state index < -0.39 is 11.7 Å². The number of halogens is 4. The molecule has 3 aromatic rings. The van der Waals surface area contributed by atoms with Crippen LogP contribution in [-0.4, -0.2) is 11.0 Å². The van der Waals surface area contributed by atoms with Crippen molar-refractivity contribution in [3.8, 4) is 0 Å². The predicted octanol–water partition coefficient (Wildman–Crippen LogP) is 6.63. The minimum atomic E-state index is -4.51. The van der Waals surface area contributed by atoms with Crippen LogP contribution in [-0.2, 0) is 12.7 Å². The topological polar surface area (TPSA) is 50.9 Å².